The molecule has 1 aliphatic carbocycles. The SMILES string of the molecule is C=Cc1noc(C[C@@]23C[C@@H](C(=O)OCc4ccccc4)N(C(=O)OC(C)(C)C)[C@@H]2C3)n1. The first-order valence-corrected chi connectivity index (χ1v) is 10.4. The van der Waals surface area contributed by atoms with Crippen LogP contribution >= 0.6 is 0 Å². The molecule has 2 fully saturated rings. The van der Waals surface area contributed by atoms with E-state index in [0.29, 0.717) is 24.6 Å². The molecule has 0 unspecified atom stereocenters. The number of piperidine rings is 1. The van der Waals surface area contributed by atoms with Crippen LogP contribution in [0.25, 0.3) is 6.08 Å². The molecule has 0 bridgehead atoms. The highest BCUT2D eigenvalue weighted by atomic mass is 16.6. The molecule has 8 heteroatoms. The Labute approximate surface area is 181 Å². The van der Waals surface area contributed by atoms with Crippen LogP contribution in [0.15, 0.2) is 41.4 Å². The van der Waals surface area contributed by atoms with Crippen LogP contribution in [0.5, 0.6) is 0 Å². The van der Waals surface area contributed by atoms with Gasteiger partial charge in [-0.15, -0.1) is 0 Å². The van der Waals surface area contributed by atoms with Gasteiger partial charge in [0.15, 0.2) is 5.82 Å². The van der Waals surface area contributed by atoms with E-state index in [1.165, 1.54) is 6.08 Å². The summed E-state index contributed by atoms with van der Waals surface area (Å²) in [4.78, 5) is 31.8. The molecule has 8 nitrogen and oxygen atoms in total. The highest BCUT2D eigenvalue weighted by molar-refractivity contribution is 5.83. The molecule has 31 heavy (non-hydrogen) atoms. The van der Waals surface area contributed by atoms with Crippen molar-refractivity contribution < 1.29 is 23.6 Å². The summed E-state index contributed by atoms with van der Waals surface area (Å²) in [5, 5.41) is 3.85. The Balaban J connectivity index is 1.51. The highest BCUT2D eigenvalue weighted by Crippen LogP contribution is 2.61. The van der Waals surface area contributed by atoms with E-state index in [2.05, 4.69) is 16.7 Å². The highest BCUT2D eigenvalue weighted by Gasteiger charge is 2.68. The molecule has 3 atom stereocenters. The van der Waals surface area contributed by atoms with Gasteiger partial charge in [0.05, 0.1) is 0 Å². The van der Waals surface area contributed by atoms with Gasteiger partial charge in [-0.25, -0.2) is 9.59 Å². The van der Waals surface area contributed by atoms with Gasteiger partial charge < -0.3 is 14.0 Å². The quantitative estimate of drug-likeness (QED) is 0.650. The van der Waals surface area contributed by atoms with Gasteiger partial charge in [0, 0.05) is 17.9 Å². The number of hydrogen-bond donors (Lipinski definition) is 0. The van der Waals surface area contributed by atoms with Crippen molar-refractivity contribution in [1.29, 1.82) is 0 Å². The van der Waals surface area contributed by atoms with Gasteiger partial charge in [0.25, 0.3) is 0 Å². The number of likely N-dealkylation sites (tertiary alicyclic amines) is 1. The van der Waals surface area contributed by atoms with Gasteiger partial charge in [-0.2, -0.15) is 4.98 Å². The molecule has 1 saturated carbocycles. The summed E-state index contributed by atoms with van der Waals surface area (Å²) in [5.74, 6) is 0.461. The van der Waals surface area contributed by atoms with Crippen LogP contribution in [0.3, 0.4) is 0 Å². The Kier molecular flexibility index (Phi) is 5.33. The van der Waals surface area contributed by atoms with Crippen LogP contribution in [-0.2, 0) is 27.3 Å². The number of nitrogens with zero attached hydrogens (tertiary/aromatic N) is 3. The summed E-state index contributed by atoms with van der Waals surface area (Å²) in [6.45, 7) is 9.21. The van der Waals surface area contributed by atoms with E-state index in [-0.39, 0.29) is 18.1 Å². The molecule has 164 valence electrons. The zero-order chi connectivity index (χ0) is 22.2. The van der Waals surface area contributed by atoms with Crippen LogP contribution < -0.4 is 0 Å². The molecule has 2 heterocycles. The first kappa shape index (κ1) is 21.1. The van der Waals surface area contributed by atoms with E-state index in [9.17, 15) is 9.59 Å². The number of carbonyl (C=O) groups is 2. The number of esters is 1. The second-order valence-electron chi connectivity index (χ2n) is 9.21. The first-order valence-electron chi connectivity index (χ1n) is 10.4. The molecule has 1 amide bonds. The average Bonchev–Trinajstić information content (AvgIpc) is 3.07. The van der Waals surface area contributed by atoms with Gasteiger partial charge >= 0.3 is 12.1 Å². The molecule has 1 aliphatic heterocycles. The van der Waals surface area contributed by atoms with Gasteiger partial charge in [0.1, 0.15) is 18.2 Å². The number of amides is 1. The Morgan fingerprint density at radius 1 is 1.29 bits per heavy atom. The van der Waals surface area contributed by atoms with Crippen LogP contribution in [0.4, 0.5) is 4.79 Å². The van der Waals surface area contributed by atoms with Crippen molar-refractivity contribution in [2.45, 2.75) is 64.3 Å². The number of carbonyl (C=O) groups excluding carboxylic acids is 2. The monoisotopic (exact) mass is 425 g/mol. The van der Waals surface area contributed by atoms with Crippen molar-refractivity contribution in [2.75, 3.05) is 0 Å². The molecule has 2 aliphatic rings. The number of rotatable bonds is 6. The lowest BCUT2D eigenvalue weighted by molar-refractivity contribution is -0.150. The maximum absolute atomic E-state index is 13.0. The van der Waals surface area contributed by atoms with Crippen molar-refractivity contribution in [2.24, 2.45) is 5.41 Å². The lowest BCUT2D eigenvalue weighted by atomic mass is 9.95. The fourth-order valence-corrected chi connectivity index (χ4v) is 4.22. The summed E-state index contributed by atoms with van der Waals surface area (Å²) in [6.07, 6.45) is 2.72. The third kappa shape index (κ3) is 4.47. The molecule has 0 radical (unpaired) electrons. The maximum Gasteiger partial charge on any atom is 0.411 e. The Hall–Kier alpha value is -3.16. The van der Waals surface area contributed by atoms with Gasteiger partial charge in [0.2, 0.25) is 5.89 Å². The van der Waals surface area contributed by atoms with Crippen LogP contribution in [0.1, 0.15) is 50.9 Å². The Morgan fingerprint density at radius 3 is 2.68 bits per heavy atom. The fourth-order valence-electron chi connectivity index (χ4n) is 4.22. The second kappa shape index (κ2) is 7.83. The summed E-state index contributed by atoms with van der Waals surface area (Å²) < 4.78 is 16.5. The summed E-state index contributed by atoms with van der Waals surface area (Å²) >= 11 is 0. The minimum atomic E-state index is -0.709. The number of hydrogen-bond acceptors (Lipinski definition) is 7. The third-order valence-electron chi connectivity index (χ3n) is 5.69. The topological polar surface area (TPSA) is 94.8 Å². The third-order valence-corrected chi connectivity index (χ3v) is 5.69. The Morgan fingerprint density at radius 2 is 2.03 bits per heavy atom. The van der Waals surface area contributed by atoms with Crippen molar-refractivity contribution >= 4 is 18.1 Å². The lowest BCUT2D eigenvalue weighted by Crippen LogP contribution is -2.46. The summed E-state index contributed by atoms with van der Waals surface area (Å²) in [5.41, 5.74) is -0.0697. The van der Waals surface area contributed by atoms with Crippen LogP contribution in [-0.4, -0.2) is 44.8 Å². The predicted molar refractivity (Wildman–Crippen MR) is 112 cm³/mol. The zero-order valence-corrected chi connectivity index (χ0v) is 18.0. The maximum atomic E-state index is 13.0. The number of benzene rings is 1. The number of ether oxygens (including phenoxy) is 2. The van der Waals surface area contributed by atoms with Crippen molar-refractivity contribution in [3.63, 3.8) is 0 Å². The first-order chi connectivity index (χ1) is 14.7. The minimum Gasteiger partial charge on any atom is -0.459 e. The van der Waals surface area contributed by atoms with E-state index in [1.807, 2.05) is 30.3 Å². The van der Waals surface area contributed by atoms with Crippen LogP contribution in [0, 0.1) is 5.41 Å². The van der Waals surface area contributed by atoms with Gasteiger partial charge in [-0.05, 0) is 45.3 Å². The molecule has 2 aromatic rings. The van der Waals surface area contributed by atoms with Gasteiger partial charge in [-0.3, -0.25) is 4.90 Å². The standard InChI is InChI=1S/C23H27N3O5/c1-5-18-24-19(31-25-18)13-23-11-16(20(27)29-14-15-9-7-6-8-10-15)26(17(23)12-23)21(28)30-22(2,3)4/h5-10,16-17H,1,11-14H2,2-4H3/t16-,17+,23-/m0/s1. The number of aromatic nitrogens is 2. The lowest BCUT2D eigenvalue weighted by Gasteiger charge is -2.29. The fraction of sp³-hybridized carbons (Fsp3) is 0.478. The largest absolute Gasteiger partial charge is 0.459 e. The molecular weight excluding hydrogens is 398 g/mol. The zero-order valence-electron chi connectivity index (χ0n) is 18.0. The van der Waals surface area contributed by atoms with Crippen molar-refractivity contribution in [3.8, 4) is 0 Å². The predicted octanol–water partition coefficient (Wildman–Crippen LogP) is 3.77. The van der Waals surface area contributed by atoms with E-state index < -0.39 is 23.7 Å². The molecule has 1 saturated heterocycles. The minimum absolute atomic E-state index is 0.129. The molecule has 4 rings (SSSR count). The van der Waals surface area contributed by atoms with Crippen molar-refractivity contribution in [1.82, 2.24) is 15.0 Å². The number of fused-ring (bicyclic) bond motifs is 1. The summed E-state index contributed by atoms with van der Waals surface area (Å²) in [7, 11) is 0. The molecule has 1 aromatic heterocycles. The summed E-state index contributed by atoms with van der Waals surface area (Å²) in [6, 6.07) is 8.61. The second-order valence-corrected chi connectivity index (χ2v) is 9.21. The smallest absolute Gasteiger partial charge is 0.411 e. The van der Waals surface area contributed by atoms with Gasteiger partial charge in [-0.1, -0.05) is 42.1 Å². The molecule has 0 N–H and O–H groups in total. The van der Waals surface area contributed by atoms with E-state index in [4.69, 9.17) is 14.0 Å². The van der Waals surface area contributed by atoms with E-state index in [1.54, 1.807) is 25.7 Å². The van der Waals surface area contributed by atoms with Crippen LogP contribution in [0.2, 0.25) is 0 Å². The normalized spacial score (nSPS) is 24.4. The van der Waals surface area contributed by atoms with Crippen molar-refractivity contribution in [3.05, 3.63) is 54.2 Å². The molecule has 1 aromatic carbocycles. The average molecular weight is 425 g/mol. The molecule has 0 spiro atoms. The Bertz CT molecular complexity index is 981. The molecular formula is C23H27N3O5. The van der Waals surface area contributed by atoms with E-state index >= 15 is 0 Å². The van der Waals surface area contributed by atoms with E-state index in [0.717, 1.165) is 12.0 Å².